The third-order valence-corrected chi connectivity index (χ3v) is 5.32. The van der Waals surface area contributed by atoms with Gasteiger partial charge in [-0.1, -0.05) is 42.8 Å². The zero-order chi connectivity index (χ0) is 20.7. The van der Waals surface area contributed by atoms with Gasteiger partial charge in [-0.2, -0.15) is 26.3 Å². The summed E-state index contributed by atoms with van der Waals surface area (Å²) < 4.78 is 77.8. The summed E-state index contributed by atoms with van der Waals surface area (Å²) in [6.07, 6.45) is -6.90. The molecule has 1 nitrogen and oxygen atoms in total. The molecule has 0 saturated heterocycles. The molecule has 152 valence electrons. The first-order valence-corrected chi connectivity index (χ1v) is 9.19. The molecule has 1 aliphatic rings. The Morgan fingerprint density at radius 3 is 2.04 bits per heavy atom. The average Bonchev–Trinajstić information content (AvgIpc) is 2.59. The smallest absolute Gasteiger partial charge is 0.155 e. The maximum Gasteiger partial charge on any atom is 0.467 e. The molecule has 0 heterocycles. The standard InChI is InChI=1S/C21H21F6N/c1-3-14-15-8-4-5-9-16(15)18(19-13(2)7-6-10-17(14)19)11-12-28(20(22,23)24)21(25,26)27/h4-5,8-10H,3,6-7,11-12H2,1-2H3. The van der Waals surface area contributed by atoms with Gasteiger partial charge in [-0.3, -0.25) is 0 Å². The van der Waals surface area contributed by atoms with Crippen molar-refractivity contribution in [3.63, 3.8) is 0 Å². The van der Waals surface area contributed by atoms with E-state index in [-0.39, 0.29) is 6.42 Å². The number of aryl methyl sites for hydroxylation is 1. The number of hydrogen-bond acceptors (Lipinski definition) is 1. The van der Waals surface area contributed by atoms with Crippen molar-refractivity contribution in [3.8, 4) is 0 Å². The Kier molecular flexibility index (Phi) is 5.49. The summed E-state index contributed by atoms with van der Waals surface area (Å²) in [6, 6.07) is 7.29. The molecule has 2 aromatic carbocycles. The van der Waals surface area contributed by atoms with Gasteiger partial charge in [0.2, 0.25) is 0 Å². The van der Waals surface area contributed by atoms with Gasteiger partial charge in [-0.05, 0) is 64.9 Å². The lowest BCUT2D eigenvalue weighted by atomic mass is 9.87. The fraction of sp³-hybridized carbons (Fsp3) is 0.429. The number of rotatable bonds is 4. The van der Waals surface area contributed by atoms with Crippen LogP contribution in [0.2, 0.25) is 0 Å². The predicted molar refractivity (Wildman–Crippen MR) is 97.9 cm³/mol. The monoisotopic (exact) mass is 401 g/mol. The second-order valence-electron chi connectivity index (χ2n) is 7.01. The van der Waals surface area contributed by atoms with Gasteiger partial charge >= 0.3 is 12.6 Å². The molecule has 0 fully saturated rings. The van der Waals surface area contributed by atoms with Crippen LogP contribution < -0.4 is 10.4 Å². The lowest BCUT2D eigenvalue weighted by Gasteiger charge is -2.27. The highest BCUT2D eigenvalue weighted by Crippen LogP contribution is 2.33. The van der Waals surface area contributed by atoms with Crippen LogP contribution in [0.15, 0.2) is 24.3 Å². The van der Waals surface area contributed by atoms with Crippen molar-refractivity contribution in [1.29, 1.82) is 0 Å². The Morgan fingerprint density at radius 2 is 1.50 bits per heavy atom. The molecule has 0 aliphatic heterocycles. The van der Waals surface area contributed by atoms with Crippen molar-refractivity contribution in [1.82, 2.24) is 4.90 Å². The van der Waals surface area contributed by atoms with E-state index in [4.69, 9.17) is 0 Å². The van der Waals surface area contributed by atoms with E-state index in [1.807, 2.05) is 26.0 Å². The summed E-state index contributed by atoms with van der Waals surface area (Å²) in [5.41, 5.74) is 2.67. The summed E-state index contributed by atoms with van der Waals surface area (Å²) >= 11 is 0. The Labute approximate surface area is 158 Å². The van der Waals surface area contributed by atoms with Crippen LogP contribution in [0.25, 0.3) is 22.4 Å². The number of fused-ring (bicyclic) bond motifs is 2. The van der Waals surface area contributed by atoms with Crippen molar-refractivity contribution >= 4 is 22.4 Å². The first-order chi connectivity index (χ1) is 13.1. The third-order valence-electron chi connectivity index (χ3n) is 5.32. The van der Waals surface area contributed by atoms with Gasteiger partial charge in [0.15, 0.2) is 0 Å². The summed E-state index contributed by atoms with van der Waals surface area (Å²) in [5, 5.41) is 3.42. The second-order valence-corrected chi connectivity index (χ2v) is 7.01. The zero-order valence-corrected chi connectivity index (χ0v) is 15.6. The highest BCUT2D eigenvalue weighted by molar-refractivity contribution is 5.90. The summed E-state index contributed by atoms with van der Waals surface area (Å²) in [4.78, 5) is -1.34. The molecular weight excluding hydrogens is 380 g/mol. The molecule has 0 unspecified atom stereocenters. The van der Waals surface area contributed by atoms with Crippen LogP contribution in [0.3, 0.4) is 0 Å². The Morgan fingerprint density at radius 1 is 0.929 bits per heavy atom. The van der Waals surface area contributed by atoms with Crippen LogP contribution >= 0.6 is 0 Å². The fourth-order valence-corrected chi connectivity index (χ4v) is 4.13. The van der Waals surface area contributed by atoms with Crippen molar-refractivity contribution in [2.75, 3.05) is 6.54 Å². The van der Waals surface area contributed by atoms with Crippen LogP contribution in [0, 0.1) is 0 Å². The van der Waals surface area contributed by atoms with Gasteiger partial charge in [0.1, 0.15) is 0 Å². The molecule has 0 saturated carbocycles. The minimum Gasteiger partial charge on any atom is -0.155 e. The molecule has 28 heavy (non-hydrogen) atoms. The molecule has 1 aliphatic carbocycles. The van der Waals surface area contributed by atoms with Crippen LogP contribution in [-0.2, 0) is 12.8 Å². The highest BCUT2D eigenvalue weighted by atomic mass is 19.4. The van der Waals surface area contributed by atoms with E-state index in [1.165, 1.54) is 0 Å². The lowest BCUT2D eigenvalue weighted by molar-refractivity contribution is -0.372. The number of benzene rings is 2. The molecule has 0 spiro atoms. The van der Waals surface area contributed by atoms with E-state index < -0.39 is 24.0 Å². The first-order valence-electron chi connectivity index (χ1n) is 9.19. The van der Waals surface area contributed by atoms with Crippen LogP contribution in [0.1, 0.15) is 37.8 Å². The zero-order valence-electron chi connectivity index (χ0n) is 15.6. The van der Waals surface area contributed by atoms with E-state index in [0.29, 0.717) is 5.56 Å². The van der Waals surface area contributed by atoms with Crippen LogP contribution in [0.5, 0.6) is 0 Å². The maximum atomic E-state index is 13.0. The molecule has 0 bridgehead atoms. The number of nitrogens with zero attached hydrogens (tertiary/aromatic N) is 1. The van der Waals surface area contributed by atoms with Gasteiger partial charge in [-0.15, -0.1) is 4.90 Å². The van der Waals surface area contributed by atoms with Crippen LogP contribution in [0.4, 0.5) is 26.3 Å². The molecule has 0 amide bonds. The largest absolute Gasteiger partial charge is 0.467 e. The van der Waals surface area contributed by atoms with Gasteiger partial charge < -0.3 is 0 Å². The molecular formula is C21H21F6N. The van der Waals surface area contributed by atoms with Crippen LogP contribution in [-0.4, -0.2) is 24.0 Å². The number of alkyl halides is 6. The van der Waals surface area contributed by atoms with Gasteiger partial charge in [0.25, 0.3) is 0 Å². The highest BCUT2D eigenvalue weighted by Gasteiger charge is 2.53. The molecule has 0 aromatic heterocycles. The maximum absolute atomic E-state index is 13.0. The Balaban J connectivity index is 2.22. The predicted octanol–water partition coefficient (Wildman–Crippen LogP) is 5.03. The van der Waals surface area contributed by atoms with Crippen molar-refractivity contribution < 1.29 is 26.3 Å². The van der Waals surface area contributed by atoms with Gasteiger partial charge in [-0.25, -0.2) is 0 Å². The SMILES string of the molecule is CCc1c2c(c(CCN(C(F)(F)F)C(F)(F)F)c3ccccc13)=C(C)CCC=2. The minimum atomic E-state index is -5.47. The second kappa shape index (κ2) is 7.43. The topological polar surface area (TPSA) is 3.24 Å². The fourth-order valence-electron chi connectivity index (χ4n) is 4.13. The first kappa shape index (κ1) is 20.7. The molecule has 2 aromatic rings. The molecule has 0 atom stereocenters. The number of hydrogen-bond donors (Lipinski definition) is 0. The normalized spacial score (nSPS) is 15.1. The summed E-state index contributed by atoms with van der Waals surface area (Å²) in [6.45, 7) is 2.76. The summed E-state index contributed by atoms with van der Waals surface area (Å²) in [5.74, 6) is 0. The van der Waals surface area contributed by atoms with Crippen molar-refractivity contribution in [3.05, 3.63) is 45.8 Å². The van der Waals surface area contributed by atoms with Crippen molar-refractivity contribution in [2.24, 2.45) is 0 Å². The van der Waals surface area contributed by atoms with E-state index in [2.05, 4.69) is 6.08 Å². The number of halogens is 6. The molecule has 7 heteroatoms. The van der Waals surface area contributed by atoms with Gasteiger partial charge in [0, 0.05) is 6.54 Å². The van der Waals surface area contributed by atoms with E-state index in [1.54, 1.807) is 12.1 Å². The van der Waals surface area contributed by atoms with E-state index in [9.17, 15) is 26.3 Å². The molecule has 0 N–H and O–H groups in total. The molecule has 0 radical (unpaired) electrons. The average molecular weight is 401 g/mol. The Bertz CT molecular complexity index is 987. The van der Waals surface area contributed by atoms with E-state index in [0.717, 1.165) is 51.6 Å². The van der Waals surface area contributed by atoms with Crippen molar-refractivity contribution in [2.45, 2.75) is 52.1 Å². The quantitative estimate of drug-likeness (QED) is 0.513. The summed E-state index contributed by atoms with van der Waals surface area (Å²) in [7, 11) is 0. The lowest BCUT2D eigenvalue weighted by Crippen LogP contribution is -2.49. The minimum absolute atomic E-state index is 0.336. The van der Waals surface area contributed by atoms with E-state index >= 15 is 0 Å². The van der Waals surface area contributed by atoms with Gasteiger partial charge in [0.05, 0.1) is 0 Å². The molecule has 3 rings (SSSR count). The third kappa shape index (κ3) is 3.77. The Hall–Kier alpha value is -2.02.